The molecule has 4 heteroatoms. The number of halogens is 1. The Morgan fingerprint density at radius 1 is 1.23 bits per heavy atom. The Hall–Kier alpha value is -1.84. The van der Waals surface area contributed by atoms with Crippen LogP contribution >= 0.6 is 11.6 Å². The lowest BCUT2D eigenvalue weighted by Crippen LogP contribution is -2.22. The van der Waals surface area contributed by atoms with Crippen molar-refractivity contribution in [1.82, 2.24) is 4.90 Å². The van der Waals surface area contributed by atoms with E-state index in [4.69, 9.17) is 17.3 Å². The summed E-state index contributed by atoms with van der Waals surface area (Å²) in [6.07, 6.45) is 2.34. The third kappa shape index (κ3) is 3.32. The van der Waals surface area contributed by atoms with Crippen LogP contribution in [0.2, 0.25) is 5.02 Å². The molecule has 0 aromatic heterocycles. The van der Waals surface area contributed by atoms with Crippen LogP contribution in [-0.4, -0.2) is 17.4 Å². The Kier molecular flexibility index (Phi) is 4.46. The van der Waals surface area contributed by atoms with Crippen molar-refractivity contribution in [2.45, 2.75) is 25.4 Å². The van der Waals surface area contributed by atoms with Crippen molar-refractivity contribution in [2.75, 3.05) is 6.54 Å². The second-order valence-corrected chi connectivity index (χ2v) is 6.18. The number of rotatable bonds is 4. The maximum atomic E-state index is 11.1. The van der Waals surface area contributed by atoms with Crippen LogP contribution in [-0.2, 0) is 6.54 Å². The van der Waals surface area contributed by atoms with Gasteiger partial charge in [-0.1, -0.05) is 35.9 Å². The van der Waals surface area contributed by atoms with Crippen LogP contribution in [0.1, 0.15) is 40.4 Å². The monoisotopic (exact) mass is 314 g/mol. The summed E-state index contributed by atoms with van der Waals surface area (Å²) in [6, 6.07) is 16.1. The predicted molar refractivity (Wildman–Crippen MR) is 88.8 cm³/mol. The molecule has 0 spiro atoms. The number of likely N-dealkylation sites (tertiary alicyclic amines) is 1. The van der Waals surface area contributed by atoms with E-state index in [1.54, 1.807) is 12.1 Å². The summed E-state index contributed by atoms with van der Waals surface area (Å²) >= 11 is 6.12. The number of carbonyl (C=O) groups is 1. The van der Waals surface area contributed by atoms with Gasteiger partial charge in [0.2, 0.25) is 5.91 Å². The van der Waals surface area contributed by atoms with Crippen molar-refractivity contribution in [3.05, 3.63) is 70.2 Å². The van der Waals surface area contributed by atoms with Gasteiger partial charge in [-0.05, 0) is 54.8 Å². The van der Waals surface area contributed by atoms with E-state index in [0.29, 0.717) is 11.6 Å². The van der Waals surface area contributed by atoms with Crippen LogP contribution < -0.4 is 5.73 Å². The molecule has 0 radical (unpaired) electrons. The Balaban J connectivity index is 1.75. The lowest BCUT2D eigenvalue weighted by Gasteiger charge is -2.25. The van der Waals surface area contributed by atoms with Crippen molar-refractivity contribution in [1.29, 1.82) is 0 Å². The number of carbonyl (C=O) groups excluding carboxylic acids is 1. The van der Waals surface area contributed by atoms with Gasteiger partial charge in [0.25, 0.3) is 0 Å². The van der Waals surface area contributed by atoms with Crippen molar-refractivity contribution in [3.63, 3.8) is 0 Å². The minimum Gasteiger partial charge on any atom is -0.366 e. The first kappa shape index (κ1) is 15.1. The van der Waals surface area contributed by atoms with Crippen molar-refractivity contribution >= 4 is 17.5 Å². The van der Waals surface area contributed by atoms with Gasteiger partial charge < -0.3 is 5.73 Å². The molecular weight excluding hydrogens is 296 g/mol. The highest BCUT2D eigenvalue weighted by molar-refractivity contribution is 6.30. The van der Waals surface area contributed by atoms with Crippen molar-refractivity contribution in [2.24, 2.45) is 5.73 Å². The quantitative estimate of drug-likeness (QED) is 0.933. The zero-order chi connectivity index (χ0) is 15.5. The average molecular weight is 315 g/mol. The molecule has 22 heavy (non-hydrogen) atoms. The largest absolute Gasteiger partial charge is 0.366 e. The second kappa shape index (κ2) is 6.51. The van der Waals surface area contributed by atoms with E-state index in [0.717, 1.165) is 24.5 Å². The van der Waals surface area contributed by atoms with E-state index < -0.39 is 0 Å². The van der Waals surface area contributed by atoms with Crippen molar-refractivity contribution in [3.8, 4) is 0 Å². The number of hydrogen-bond acceptors (Lipinski definition) is 2. The van der Waals surface area contributed by atoms with Crippen LogP contribution in [0.4, 0.5) is 0 Å². The normalized spacial score (nSPS) is 18.5. The molecule has 0 saturated carbocycles. The fraction of sp³-hybridized carbons (Fsp3) is 0.278. The molecule has 1 aliphatic heterocycles. The maximum Gasteiger partial charge on any atom is 0.248 e. The number of nitrogens with two attached hydrogens (primary N) is 1. The number of benzene rings is 2. The van der Waals surface area contributed by atoms with Gasteiger partial charge in [0.1, 0.15) is 0 Å². The van der Waals surface area contributed by atoms with Gasteiger partial charge in [0, 0.05) is 23.2 Å². The maximum absolute atomic E-state index is 11.1. The molecule has 2 aromatic rings. The highest BCUT2D eigenvalue weighted by Gasteiger charge is 2.25. The first-order valence-electron chi connectivity index (χ1n) is 7.52. The van der Waals surface area contributed by atoms with E-state index in [-0.39, 0.29) is 5.91 Å². The standard InChI is InChI=1S/C18H19ClN2O/c19-16-4-1-3-15(11-16)17-5-2-10-21(17)12-13-6-8-14(9-7-13)18(20)22/h1,3-4,6-9,11,17H,2,5,10,12H2,(H2,20,22). The van der Waals surface area contributed by atoms with Crippen LogP contribution in [0.3, 0.4) is 0 Å². The molecule has 2 aromatic carbocycles. The van der Waals surface area contributed by atoms with Crippen molar-refractivity contribution < 1.29 is 4.79 Å². The van der Waals surface area contributed by atoms with Gasteiger partial charge in [-0.15, -0.1) is 0 Å². The van der Waals surface area contributed by atoms with E-state index in [2.05, 4.69) is 17.0 Å². The highest BCUT2D eigenvalue weighted by atomic mass is 35.5. The first-order valence-corrected chi connectivity index (χ1v) is 7.89. The molecule has 0 bridgehead atoms. The molecule has 1 heterocycles. The Labute approximate surface area is 135 Å². The number of nitrogens with zero attached hydrogens (tertiary/aromatic N) is 1. The van der Waals surface area contributed by atoms with Gasteiger partial charge in [0.05, 0.1) is 0 Å². The summed E-state index contributed by atoms with van der Waals surface area (Å²) in [6.45, 7) is 1.95. The zero-order valence-corrected chi connectivity index (χ0v) is 13.1. The zero-order valence-electron chi connectivity index (χ0n) is 12.3. The molecule has 2 N–H and O–H groups in total. The molecule has 0 aliphatic carbocycles. The summed E-state index contributed by atoms with van der Waals surface area (Å²) in [5, 5.41) is 0.787. The van der Waals surface area contributed by atoms with Crippen LogP contribution in [0, 0.1) is 0 Å². The summed E-state index contributed by atoms with van der Waals surface area (Å²) < 4.78 is 0. The first-order chi connectivity index (χ1) is 10.6. The fourth-order valence-electron chi connectivity index (χ4n) is 3.12. The molecule has 1 amide bonds. The predicted octanol–water partition coefficient (Wildman–Crippen LogP) is 3.78. The summed E-state index contributed by atoms with van der Waals surface area (Å²) in [5.74, 6) is -0.385. The highest BCUT2D eigenvalue weighted by Crippen LogP contribution is 2.34. The minimum absolute atomic E-state index is 0.385. The van der Waals surface area contributed by atoms with E-state index >= 15 is 0 Å². The molecule has 114 valence electrons. The van der Waals surface area contributed by atoms with Gasteiger partial charge in [-0.3, -0.25) is 9.69 Å². The van der Waals surface area contributed by atoms with Gasteiger partial charge in [-0.2, -0.15) is 0 Å². The van der Waals surface area contributed by atoms with Gasteiger partial charge >= 0.3 is 0 Å². The molecule has 1 atom stereocenters. The van der Waals surface area contributed by atoms with Gasteiger partial charge in [0.15, 0.2) is 0 Å². The molecular formula is C18H19ClN2O. The van der Waals surface area contributed by atoms with E-state index in [1.807, 2.05) is 24.3 Å². The molecule has 3 rings (SSSR count). The molecule has 1 unspecified atom stereocenters. The smallest absolute Gasteiger partial charge is 0.248 e. The van der Waals surface area contributed by atoms with Crippen LogP contribution in [0.25, 0.3) is 0 Å². The summed E-state index contributed by atoms with van der Waals surface area (Å²) in [7, 11) is 0. The Morgan fingerprint density at radius 3 is 2.68 bits per heavy atom. The van der Waals surface area contributed by atoms with E-state index in [1.165, 1.54) is 17.5 Å². The molecule has 1 aliphatic rings. The summed E-state index contributed by atoms with van der Waals surface area (Å²) in [5.41, 5.74) is 8.30. The molecule has 1 fully saturated rings. The Bertz CT molecular complexity index is 669. The van der Waals surface area contributed by atoms with Gasteiger partial charge in [-0.25, -0.2) is 0 Å². The number of amides is 1. The topological polar surface area (TPSA) is 46.3 Å². The number of hydrogen-bond donors (Lipinski definition) is 1. The summed E-state index contributed by atoms with van der Waals surface area (Å²) in [4.78, 5) is 13.6. The van der Waals surface area contributed by atoms with Crippen LogP contribution in [0.5, 0.6) is 0 Å². The SMILES string of the molecule is NC(=O)c1ccc(CN2CCCC2c2cccc(Cl)c2)cc1. The Morgan fingerprint density at radius 2 is 2.00 bits per heavy atom. The lowest BCUT2D eigenvalue weighted by atomic mass is 10.0. The third-order valence-electron chi connectivity index (χ3n) is 4.22. The molecule has 3 nitrogen and oxygen atoms in total. The fourth-order valence-corrected chi connectivity index (χ4v) is 3.31. The minimum atomic E-state index is -0.385. The van der Waals surface area contributed by atoms with Crippen LogP contribution in [0.15, 0.2) is 48.5 Å². The lowest BCUT2D eigenvalue weighted by molar-refractivity contribution is 0.100. The third-order valence-corrected chi connectivity index (χ3v) is 4.46. The number of primary amides is 1. The average Bonchev–Trinajstić information content (AvgIpc) is 2.96. The van der Waals surface area contributed by atoms with E-state index in [9.17, 15) is 4.79 Å². The molecule has 1 saturated heterocycles. The second-order valence-electron chi connectivity index (χ2n) is 5.74.